The predicted octanol–water partition coefficient (Wildman–Crippen LogP) is 2.70. The van der Waals surface area contributed by atoms with Gasteiger partial charge in [0.05, 0.1) is 18.0 Å². The van der Waals surface area contributed by atoms with E-state index in [0.29, 0.717) is 12.6 Å². The number of methoxy groups -OCH3 is 1. The number of nitrogens with zero attached hydrogens (tertiary/aromatic N) is 3. The Balaban J connectivity index is 2.52. The number of thiophene rings is 1. The molecule has 0 saturated carbocycles. The largest absolute Gasteiger partial charge is 0.383 e. The molecule has 2 aromatic heterocycles. The van der Waals surface area contributed by atoms with Crippen molar-refractivity contribution in [1.29, 1.82) is 0 Å². The van der Waals surface area contributed by atoms with Crippen LogP contribution in [0.4, 0.5) is 11.8 Å². The molecule has 1 unspecified atom stereocenters. The van der Waals surface area contributed by atoms with Gasteiger partial charge in [0.1, 0.15) is 10.6 Å². The van der Waals surface area contributed by atoms with Crippen LogP contribution < -0.4 is 10.6 Å². The highest BCUT2D eigenvalue weighted by molar-refractivity contribution is 7.18. The second-order valence-corrected chi connectivity index (χ2v) is 5.90. The van der Waals surface area contributed by atoms with Crippen molar-refractivity contribution in [2.45, 2.75) is 33.2 Å². The second-order valence-electron chi connectivity index (χ2n) is 4.78. The van der Waals surface area contributed by atoms with Crippen LogP contribution in [0.5, 0.6) is 0 Å². The summed E-state index contributed by atoms with van der Waals surface area (Å²) >= 11 is 1.69. The van der Waals surface area contributed by atoms with Crippen LogP contribution in [-0.2, 0) is 11.2 Å². The fraction of sp³-hybridized carbons (Fsp3) is 0.571. The number of likely N-dealkylation sites (N-methyl/N-ethyl adjacent to an activating group) is 1. The minimum Gasteiger partial charge on any atom is -0.383 e. The van der Waals surface area contributed by atoms with Crippen LogP contribution in [0.15, 0.2) is 6.07 Å². The number of anilines is 2. The number of fused-ring (bicyclic) bond motifs is 1. The Bertz CT molecular complexity index is 584. The minimum atomic E-state index is 0.243. The van der Waals surface area contributed by atoms with Crippen molar-refractivity contribution in [2.24, 2.45) is 0 Å². The molecule has 0 saturated heterocycles. The monoisotopic (exact) mass is 294 g/mol. The normalized spacial score (nSPS) is 12.8. The summed E-state index contributed by atoms with van der Waals surface area (Å²) in [5.41, 5.74) is 5.87. The summed E-state index contributed by atoms with van der Waals surface area (Å²) in [7, 11) is 1.72. The molecule has 0 radical (unpaired) electrons. The lowest BCUT2D eigenvalue weighted by atomic mass is 10.2. The van der Waals surface area contributed by atoms with E-state index in [1.54, 1.807) is 18.4 Å². The van der Waals surface area contributed by atoms with Crippen LogP contribution in [0, 0.1) is 0 Å². The van der Waals surface area contributed by atoms with E-state index in [4.69, 9.17) is 10.5 Å². The average molecular weight is 294 g/mol. The van der Waals surface area contributed by atoms with Crippen LogP contribution in [0.3, 0.4) is 0 Å². The standard InChI is InChI=1S/C14H22N4OS/c1-5-10-7-11-12(16-14(15)17-13(11)20-10)18(6-2)9(3)8-19-4/h7,9H,5-6,8H2,1-4H3,(H2,15,16,17). The number of ether oxygens (including phenoxy) is 1. The van der Waals surface area contributed by atoms with E-state index in [1.165, 1.54) is 4.88 Å². The van der Waals surface area contributed by atoms with Gasteiger partial charge in [-0.15, -0.1) is 11.3 Å². The molecule has 0 spiro atoms. The van der Waals surface area contributed by atoms with E-state index in [0.717, 1.165) is 29.0 Å². The lowest BCUT2D eigenvalue weighted by Gasteiger charge is -2.29. The number of hydrogen-bond acceptors (Lipinski definition) is 6. The molecule has 0 aliphatic rings. The van der Waals surface area contributed by atoms with E-state index < -0.39 is 0 Å². The molecule has 20 heavy (non-hydrogen) atoms. The average Bonchev–Trinajstić information content (AvgIpc) is 2.82. The molecule has 0 bridgehead atoms. The maximum absolute atomic E-state index is 5.87. The highest BCUT2D eigenvalue weighted by Crippen LogP contribution is 2.32. The van der Waals surface area contributed by atoms with Gasteiger partial charge in [-0.2, -0.15) is 4.98 Å². The first kappa shape index (κ1) is 15.0. The SMILES string of the molecule is CCc1cc2c(N(CC)C(C)COC)nc(N)nc2s1. The molecule has 6 heteroatoms. The molecule has 0 fully saturated rings. The summed E-state index contributed by atoms with van der Waals surface area (Å²) in [6, 6.07) is 2.42. The zero-order valence-electron chi connectivity index (χ0n) is 12.5. The van der Waals surface area contributed by atoms with Crippen molar-refractivity contribution in [3.05, 3.63) is 10.9 Å². The van der Waals surface area contributed by atoms with Crippen LogP contribution >= 0.6 is 11.3 Å². The van der Waals surface area contributed by atoms with Gasteiger partial charge in [0.2, 0.25) is 5.95 Å². The summed E-state index contributed by atoms with van der Waals surface area (Å²) in [6.07, 6.45) is 1.00. The zero-order chi connectivity index (χ0) is 14.7. The lowest BCUT2D eigenvalue weighted by molar-refractivity contribution is 0.182. The fourth-order valence-corrected chi connectivity index (χ4v) is 3.34. The fourth-order valence-electron chi connectivity index (χ4n) is 2.37. The third-order valence-corrected chi connectivity index (χ3v) is 4.52. The van der Waals surface area contributed by atoms with E-state index in [9.17, 15) is 0 Å². The van der Waals surface area contributed by atoms with Crippen molar-refractivity contribution in [3.63, 3.8) is 0 Å². The molecular formula is C14H22N4OS. The van der Waals surface area contributed by atoms with E-state index in [1.807, 2.05) is 0 Å². The molecule has 110 valence electrons. The predicted molar refractivity (Wildman–Crippen MR) is 85.6 cm³/mol. The van der Waals surface area contributed by atoms with Gasteiger partial charge in [-0.3, -0.25) is 0 Å². The Morgan fingerprint density at radius 1 is 1.40 bits per heavy atom. The van der Waals surface area contributed by atoms with Gasteiger partial charge in [-0.05, 0) is 26.3 Å². The first-order valence-corrected chi connectivity index (χ1v) is 7.73. The van der Waals surface area contributed by atoms with Crippen LogP contribution in [0.2, 0.25) is 0 Å². The molecule has 1 atom stereocenters. The Hall–Kier alpha value is -1.40. The third kappa shape index (κ3) is 2.86. The van der Waals surface area contributed by atoms with Crippen LogP contribution in [-0.4, -0.2) is 36.3 Å². The van der Waals surface area contributed by atoms with Gasteiger partial charge in [0.25, 0.3) is 0 Å². The van der Waals surface area contributed by atoms with Gasteiger partial charge < -0.3 is 15.4 Å². The first-order chi connectivity index (χ1) is 9.60. The summed E-state index contributed by atoms with van der Waals surface area (Å²) in [6.45, 7) is 7.90. The minimum absolute atomic E-state index is 0.243. The number of rotatable bonds is 6. The Labute approximate surface area is 123 Å². The number of aryl methyl sites for hydroxylation is 1. The van der Waals surface area contributed by atoms with Gasteiger partial charge >= 0.3 is 0 Å². The van der Waals surface area contributed by atoms with Crippen molar-refractivity contribution in [2.75, 3.05) is 30.9 Å². The Kier molecular flexibility index (Phi) is 4.77. The summed E-state index contributed by atoms with van der Waals surface area (Å²) < 4.78 is 5.26. The van der Waals surface area contributed by atoms with Crippen LogP contribution in [0.25, 0.3) is 10.2 Å². The summed E-state index contributed by atoms with van der Waals surface area (Å²) in [4.78, 5) is 13.3. The molecule has 0 aliphatic heterocycles. The molecule has 0 aliphatic carbocycles. The van der Waals surface area contributed by atoms with Crippen molar-refractivity contribution in [3.8, 4) is 0 Å². The van der Waals surface area contributed by atoms with Crippen molar-refractivity contribution >= 4 is 33.3 Å². The molecule has 2 aromatic rings. The van der Waals surface area contributed by atoms with Gasteiger partial charge in [-0.25, -0.2) is 4.98 Å². The molecule has 5 nitrogen and oxygen atoms in total. The molecule has 2 heterocycles. The first-order valence-electron chi connectivity index (χ1n) is 6.92. The number of nitrogens with two attached hydrogens (primary N) is 1. The maximum atomic E-state index is 5.87. The lowest BCUT2D eigenvalue weighted by Crippen LogP contribution is -2.37. The maximum Gasteiger partial charge on any atom is 0.223 e. The summed E-state index contributed by atoms with van der Waals surface area (Å²) in [5.74, 6) is 1.25. The van der Waals surface area contributed by atoms with Gasteiger partial charge in [0, 0.05) is 18.5 Å². The summed E-state index contributed by atoms with van der Waals surface area (Å²) in [5, 5.41) is 1.09. The highest BCUT2D eigenvalue weighted by atomic mass is 32.1. The zero-order valence-corrected chi connectivity index (χ0v) is 13.3. The second kappa shape index (κ2) is 6.37. The van der Waals surface area contributed by atoms with Gasteiger partial charge in [0.15, 0.2) is 0 Å². The smallest absolute Gasteiger partial charge is 0.223 e. The number of hydrogen-bond donors (Lipinski definition) is 1. The van der Waals surface area contributed by atoms with Crippen molar-refractivity contribution < 1.29 is 4.74 Å². The van der Waals surface area contributed by atoms with Crippen molar-refractivity contribution in [1.82, 2.24) is 9.97 Å². The number of nitrogen functional groups attached to an aromatic ring is 1. The molecule has 2 N–H and O–H groups in total. The Morgan fingerprint density at radius 2 is 2.15 bits per heavy atom. The Morgan fingerprint density at radius 3 is 2.75 bits per heavy atom. The van der Waals surface area contributed by atoms with E-state index in [2.05, 4.69) is 41.7 Å². The molecule has 0 aromatic carbocycles. The molecule has 2 rings (SSSR count). The molecule has 0 amide bonds. The quantitative estimate of drug-likeness (QED) is 0.887. The van der Waals surface area contributed by atoms with E-state index >= 15 is 0 Å². The third-order valence-electron chi connectivity index (χ3n) is 3.34. The highest BCUT2D eigenvalue weighted by Gasteiger charge is 2.19. The van der Waals surface area contributed by atoms with Crippen LogP contribution in [0.1, 0.15) is 25.6 Å². The van der Waals surface area contributed by atoms with Gasteiger partial charge in [-0.1, -0.05) is 6.92 Å². The molecular weight excluding hydrogens is 272 g/mol. The van der Waals surface area contributed by atoms with E-state index in [-0.39, 0.29) is 6.04 Å². The number of aromatic nitrogens is 2. The topological polar surface area (TPSA) is 64.3 Å².